The topological polar surface area (TPSA) is 47.3 Å². The average Bonchev–Trinajstić information content (AvgIpc) is 2.61. The molecule has 136 valence electrons. The normalized spacial score (nSPS) is 13.4. The van der Waals surface area contributed by atoms with Crippen molar-refractivity contribution in [3.05, 3.63) is 65.2 Å². The Morgan fingerprint density at radius 2 is 1.76 bits per heavy atom. The zero-order valence-corrected chi connectivity index (χ0v) is 15.8. The first-order chi connectivity index (χ1) is 12.1. The van der Waals surface area contributed by atoms with Crippen molar-refractivity contribution in [1.29, 1.82) is 0 Å². The summed E-state index contributed by atoms with van der Waals surface area (Å²) in [6.45, 7) is 7.87. The highest BCUT2D eigenvalue weighted by atomic mass is 16.5. The summed E-state index contributed by atoms with van der Waals surface area (Å²) < 4.78 is 5.95. The molecule has 0 amide bonds. The van der Waals surface area contributed by atoms with Crippen LogP contribution in [0.1, 0.15) is 55.8 Å². The van der Waals surface area contributed by atoms with Crippen molar-refractivity contribution in [3.8, 4) is 5.75 Å². The lowest BCUT2D eigenvalue weighted by Gasteiger charge is -2.23. The molecule has 0 heterocycles. The third-order valence-electron chi connectivity index (χ3n) is 4.60. The third kappa shape index (κ3) is 6.18. The van der Waals surface area contributed by atoms with Crippen LogP contribution in [0.25, 0.3) is 0 Å². The van der Waals surface area contributed by atoms with Crippen molar-refractivity contribution in [2.24, 2.45) is 5.73 Å². The SMILES string of the molecule is CCCC(NC(C)CCN)c1ccc(OCc2ccccc2C)cc1. The van der Waals surface area contributed by atoms with Crippen LogP contribution < -0.4 is 15.8 Å². The number of nitrogens with one attached hydrogen (secondary N) is 1. The molecule has 0 aliphatic carbocycles. The van der Waals surface area contributed by atoms with E-state index in [0.29, 0.717) is 18.7 Å². The second kappa shape index (κ2) is 10.2. The first-order valence-corrected chi connectivity index (χ1v) is 9.37. The summed E-state index contributed by atoms with van der Waals surface area (Å²) in [5, 5.41) is 3.70. The van der Waals surface area contributed by atoms with Crippen molar-refractivity contribution in [1.82, 2.24) is 5.32 Å². The van der Waals surface area contributed by atoms with E-state index in [1.807, 2.05) is 0 Å². The van der Waals surface area contributed by atoms with Gasteiger partial charge < -0.3 is 15.8 Å². The zero-order valence-electron chi connectivity index (χ0n) is 15.8. The quantitative estimate of drug-likeness (QED) is 0.656. The van der Waals surface area contributed by atoms with Crippen molar-refractivity contribution >= 4 is 0 Å². The Hall–Kier alpha value is -1.84. The van der Waals surface area contributed by atoms with Crippen LogP contribution in [0.4, 0.5) is 0 Å². The summed E-state index contributed by atoms with van der Waals surface area (Å²) in [6.07, 6.45) is 3.27. The molecule has 0 aliphatic heterocycles. The van der Waals surface area contributed by atoms with Crippen LogP contribution in [0.5, 0.6) is 5.75 Å². The molecule has 0 saturated heterocycles. The van der Waals surface area contributed by atoms with Crippen LogP contribution >= 0.6 is 0 Å². The Labute approximate surface area is 152 Å². The van der Waals surface area contributed by atoms with Crippen LogP contribution in [-0.2, 0) is 6.61 Å². The summed E-state index contributed by atoms with van der Waals surface area (Å²) in [4.78, 5) is 0. The number of benzene rings is 2. The van der Waals surface area contributed by atoms with Gasteiger partial charge in [-0.25, -0.2) is 0 Å². The van der Waals surface area contributed by atoms with E-state index in [9.17, 15) is 0 Å². The first kappa shape index (κ1) is 19.5. The Morgan fingerprint density at radius 1 is 1.04 bits per heavy atom. The van der Waals surface area contributed by atoms with Gasteiger partial charge in [-0.2, -0.15) is 0 Å². The minimum absolute atomic E-state index is 0.372. The van der Waals surface area contributed by atoms with Gasteiger partial charge in [0.2, 0.25) is 0 Å². The highest BCUT2D eigenvalue weighted by molar-refractivity contribution is 5.30. The minimum Gasteiger partial charge on any atom is -0.489 e. The number of nitrogens with two attached hydrogens (primary N) is 1. The van der Waals surface area contributed by atoms with Crippen molar-refractivity contribution in [2.75, 3.05) is 6.54 Å². The summed E-state index contributed by atoms with van der Waals surface area (Å²) in [7, 11) is 0. The molecule has 0 saturated carbocycles. The predicted molar refractivity (Wildman–Crippen MR) is 106 cm³/mol. The van der Waals surface area contributed by atoms with E-state index in [4.69, 9.17) is 10.5 Å². The summed E-state index contributed by atoms with van der Waals surface area (Å²) in [5.74, 6) is 0.914. The van der Waals surface area contributed by atoms with E-state index in [2.05, 4.69) is 74.6 Å². The van der Waals surface area contributed by atoms with Gasteiger partial charge >= 0.3 is 0 Å². The maximum atomic E-state index is 5.95. The van der Waals surface area contributed by atoms with E-state index in [1.54, 1.807) is 0 Å². The molecule has 2 aromatic rings. The maximum absolute atomic E-state index is 5.95. The standard InChI is InChI=1S/C22H32N2O/c1-4-7-22(24-18(3)14-15-23)19-10-12-21(13-11-19)25-16-20-9-6-5-8-17(20)2/h5-6,8-13,18,22,24H,4,7,14-16,23H2,1-3H3. The molecule has 0 radical (unpaired) electrons. The van der Waals surface area contributed by atoms with E-state index >= 15 is 0 Å². The molecule has 2 aromatic carbocycles. The third-order valence-corrected chi connectivity index (χ3v) is 4.60. The Balaban J connectivity index is 1.97. The molecule has 3 heteroatoms. The second-order valence-electron chi connectivity index (χ2n) is 6.77. The molecular weight excluding hydrogens is 308 g/mol. The number of ether oxygens (including phenoxy) is 1. The van der Waals surface area contributed by atoms with Crippen LogP contribution in [0.3, 0.4) is 0 Å². The van der Waals surface area contributed by atoms with Crippen LogP contribution in [-0.4, -0.2) is 12.6 Å². The van der Waals surface area contributed by atoms with Crippen LogP contribution in [0, 0.1) is 6.92 Å². The van der Waals surface area contributed by atoms with Gasteiger partial charge in [0, 0.05) is 12.1 Å². The maximum Gasteiger partial charge on any atom is 0.119 e. The molecule has 0 spiro atoms. The van der Waals surface area contributed by atoms with E-state index < -0.39 is 0 Å². The summed E-state index contributed by atoms with van der Waals surface area (Å²) >= 11 is 0. The molecular formula is C22H32N2O. The molecule has 2 rings (SSSR count). The lowest BCUT2D eigenvalue weighted by Crippen LogP contribution is -2.32. The van der Waals surface area contributed by atoms with Crippen molar-refractivity contribution < 1.29 is 4.74 Å². The number of rotatable bonds is 10. The molecule has 0 bridgehead atoms. The smallest absolute Gasteiger partial charge is 0.119 e. The average molecular weight is 341 g/mol. The van der Waals surface area contributed by atoms with Gasteiger partial charge in [-0.15, -0.1) is 0 Å². The lowest BCUT2D eigenvalue weighted by atomic mass is 10.0. The summed E-state index contributed by atoms with van der Waals surface area (Å²) in [6, 6.07) is 17.6. The van der Waals surface area contributed by atoms with Gasteiger partial charge in [0.25, 0.3) is 0 Å². The van der Waals surface area contributed by atoms with E-state index in [-0.39, 0.29) is 0 Å². The Bertz CT molecular complexity index is 624. The van der Waals surface area contributed by atoms with Gasteiger partial charge in [0.1, 0.15) is 12.4 Å². The molecule has 2 atom stereocenters. The number of aryl methyl sites for hydroxylation is 1. The fraction of sp³-hybridized carbons (Fsp3) is 0.455. The largest absolute Gasteiger partial charge is 0.489 e. The van der Waals surface area contributed by atoms with Gasteiger partial charge in [-0.3, -0.25) is 0 Å². The Morgan fingerprint density at radius 3 is 2.40 bits per heavy atom. The first-order valence-electron chi connectivity index (χ1n) is 9.37. The molecule has 0 fully saturated rings. The number of hydrogen-bond donors (Lipinski definition) is 2. The predicted octanol–water partition coefficient (Wildman–Crippen LogP) is 4.74. The van der Waals surface area contributed by atoms with Gasteiger partial charge in [-0.1, -0.05) is 49.7 Å². The van der Waals surface area contributed by atoms with E-state index in [1.165, 1.54) is 16.7 Å². The molecule has 0 aliphatic rings. The molecule has 25 heavy (non-hydrogen) atoms. The fourth-order valence-corrected chi connectivity index (χ4v) is 3.04. The fourth-order valence-electron chi connectivity index (χ4n) is 3.04. The van der Waals surface area contributed by atoms with Gasteiger partial charge in [0.05, 0.1) is 0 Å². The monoisotopic (exact) mass is 340 g/mol. The highest BCUT2D eigenvalue weighted by Gasteiger charge is 2.13. The van der Waals surface area contributed by atoms with E-state index in [0.717, 1.165) is 31.6 Å². The van der Waals surface area contributed by atoms with Crippen LogP contribution in [0.15, 0.2) is 48.5 Å². The zero-order chi connectivity index (χ0) is 18.1. The number of hydrogen-bond acceptors (Lipinski definition) is 3. The van der Waals surface area contributed by atoms with Gasteiger partial charge in [-0.05, 0) is 62.1 Å². The lowest BCUT2D eigenvalue weighted by molar-refractivity contribution is 0.305. The van der Waals surface area contributed by atoms with Crippen molar-refractivity contribution in [3.63, 3.8) is 0 Å². The summed E-state index contributed by atoms with van der Waals surface area (Å²) in [5.41, 5.74) is 9.48. The van der Waals surface area contributed by atoms with Gasteiger partial charge in [0.15, 0.2) is 0 Å². The minimum atomic E-state index is 0.372. The molecule has 3 nitrogen and oxygen atoms in total. The molecule has 2 unspecified atom stereocenters. The second-order valence-corrected chi connectivity index (χ2v) is 6.77. The van der Waals surface area contributed by atoms with Crippen molar-refractivity contribution in [2.45, 2.75) is 58.7 Å². The molecule has 3 N–H and O–H groups in total. The highest BCUT2D eigenvalue weighted by Crippen LogP contribution is 2.23. The van der Waals surface area contributed by atoms with Crippen LogP contribution in [0.2, 0.25) is 0 Å². The Kier molecular flexibility index (Phi) is 7.96. The molecule has 0 aromatic heterocycles.